The highest BCUT2D eigenvalue weighted by atomic mass is 16.5. The second-order valence-corrected chi connectivity index (χ2v) is 8.45. The van der Waals surface area contributed by atoms with E-state index in [1.54, 1.807) is 13.2 Å². The summed E-state index contributed by atoms with van der Waals surface area (Å²) in [5, 5.41) is 0. The van der Waals surface area contributed by atoms with Gasteiger partial charge in [-0.25, -0.2) is 4.79 Å². The molecule has 4 nitrogen and oxygen atoms in total. The molecule has 0 aromatic heterocycles. The van der Waals surface area contributed by atoms with Gasteiger partial charge in [-0.2, -0.15) is 0 Å². The lowest BCUT2D eigenvalue weighted by atomic mass is 9.82. The van der Waals surface area contributed by atoms with Crippen LogP contribution in [0.15, 0.2) is 24.3 Å². The number of rotatable bonds is 3. The molecule has 0 radical (unpaired) electrons. The van der Waals surface area contributed by atoms with Crippen molar-refractivity contribution in [2.24, 2.45) is 11.8 Å². The first kappa shape index (κ1) is 18.2. The molecule has 1 unspecified atom stereocenters. The highest BCUT2D eigenvalue weighted by Gasteiger charge is 2.43. The fourth-order valence-electron chi connectivity index (χ4n) is 4.30. The molecule has 25 heavy (non-hydrogen) atoms. The van der Waals surface area contributed by atoms with Gasteiger partial charge in [0.15, 0.2) is 0 Å². The van der Waals surface area contributed by atoms with E-state index < -0.39 is 0 Å². The minimum atomic E-state index is -0.247. The van der Waals surface area contributed by atoms with Gasteiger partial charge in [0.25, 0.3) is 0 Å². The molecule has 1 saturated heterocycles. The lowest BCUT2D eigenvalue weighted by Gasteiger charge is -2.47. The number of fused-ring (bicyclic) bond motifs is 2. The fourth-order valence-corrected chi connectivity index (χ4v) is 4.30. The zero-order valence-corrected chi connectivity index (χ0v) is 16.0. The summed E-state index contributed by atoms with van der Waals surface area (Å²) < 4.78 is 11.4. The van der Waals surface area contributed by atoms with E-state index in [1.165, 1.54) is 12.8 Å². The molecule has 0 N–H and O–H groups in total. The average molecular weight is 345 g/mol. The standard InChI is InChI=1S/C21H31NO3/c1-21(2,3)22-13-15-9-5-6-10-16(14-22)19(15)25-20(23)17-11-7-8-12-18(17)24-4/h7-8,11-12,15-16,19H,5-6,9-10,13-14H2,1-4H3/t15-,16+,19?. The molecule has 3 atom stereocenters. The van der Waals surface area contributed by atoms with Gasteiger partial charge in [-0.3, -0.25) is 4.90 Å². The van der Waals surface area contributed by atoms with Crippen LogP contribution >= 0.6 is 0 Å². The highest BCUT2D eigenvalue weighted by Crippen LogP contribution is 2.38. The third-order valence-electron chi connectivity index (χ3n) is 5.76. The molecule has 1 aliphatic heterocycles. The van der Waals surface area contributed by atoms with E-state index in [4.69, 9.17) is 9.47 Å². The number of hydrogen-bond acceptors (Lipinski definition) is 4. The minimum absolute atomic E-state index is 0.0264. The second-order valence-electron chi connectivity index (χ2n) is 8.45. The van der Waals surface area contributed by atoms with Crippen LogP contribution in [0, 0.1) is 11.8 Å². The van der Waals surface area contributed by atoms with Crippen LogP contribution in [-0.4, -0.2) is 42.7 Å². The van der Waals surface area contributed by atoms with Crippen LogP contribution in [0.5, 0.6) is 5.75 Å². The molecule has 1 aromatic rings. The van der Waals surface area contributed by atoms with Gasteiger partial charge < -0.3 is 9.47 Å². The van der Waals surface area contributed by atoms with Crippen molar-refractivity contribution in [2.75, 3.05) is 20.2 Å². The number of likely N-dealkylation sites (tertiary alicyclic amines) is 1. The van der Waals surface area contributed by atoms with Crippen molar-refractivity contribution in [3.8, 4) is 5.75 Å². The highest BCUT2D eigenvalue weighted by molar-refractivity contribution is 5.92. The predicted octanol–water partition coefficient (Wildman–Crippen LogP) is 4.14. The largest absolute Gasteiger partial charge is 0.496 e. The molecule has 1 heterocycles. The predicted molar refractivity (Wildman–Crippen MR) is 99.0 cm³/mol. The quantitative estimate of drug-likeness (QED) is 0.772. The topological polar surface area (TPSA) is 38.8 Å². The summed E-state index contributed by atoms with van der Waals surface area (Å²) in [6.45, 7) is 8.87. The molecule has 0 spiro atoms. The Hall–Kier alpha value is -1.55. The number of methoxy groups -OCH3 is 1. The van der Waals surface area contributed by atoms with Crippen molar-refractivity contribution >= 4 is 5.97 Å². The van der Waals surface area contributed by atoms with Crippen molar-refractivity contribution in [2.45, 2.75) is 58.1 Å². The molecular weight excluding hydrogens is 314 g/mol. The third-order valence-corrected chi connectivity index (χ3v) is 5.76. The van der Waals surface area contributed by atoms with E-state index in [1.807, 2.05) is 18.2 Å². The normalized spacial score (nSPS) is 27.4. The molecule has 138 valence electrons. The lowest BCUT2D eigenvalue weighted by Crippen LogP contribution is -2.56. The van der Waals surface area contributed by atoms with Crippen LogP contribution in [0.2, 0.25) is 0 Å². The van der Waals surface area contributed by atoms with Gasteiger partial charge in [0.05, 0.1) is 7.11 Å². The molecule has 3 rings (SSSR count). The monoisotopic (exact) mass is 345 g/mol. The molecule has 4 heteroatoms. The van der Waals surface area contributed by atoms with Gasteiger partial charge in [0, 0.05) is 30.5 Å². The lowest BCUT2D eigenvalue weighted by molar-refractivity contribution is -0.0636. The molecule has 1 aromatic carbocycles. The number of carbonyl (C=O) groups is 1. The van der Waals surface area contributed by atoms with Gasteiger partial charge in [-0.1, -0.05) is 25.0 Å². The van der Waals surface area contributed by atoms with Crippen LogP contribution in [-0.2, 0) is 4.74 Å². The van der Waals surface area contributed by atoms with Crippen LogP contribution < -0.4 is 4.74 Å². The number of nitrogens with zero attached hydrogens (tertiary/aromatic N) is 1. The summed E-state index contributed by atoms with van der Waals surface area (Å²) >= 11 is 0. The first-order valence-electron chi connectivity index (χ1n) is 9.49. The smallest absolute Gasteiger partial charge is 0.342 e. The van der Waals surface area contributed by atoms with Gasteiger partial charge >= 0.3 is 5.97 Å². The van der Waals surface area contributed by atoms with Gasteiger partial charge in [-0.15, -0.1) is 0 Å². The number of carbonyl (C=O) groups excluding carboxylic acids is 1. The SMILES string of the molecule is COc1ccccc1C(=O)OC1[C@@H]2CCCC[C@H]1CN(C(C)(C)C)C2. The first-order valence-corrected chi connectivity index (χ1v) is 9.49. The zero-order chi connectivity index (χ0) is 18.0. The summed E-state index contributed by atoms with van der Waals surface area (Å²) in [5.74, 6) is 1.20. The zero-order valence-electron chi connectivity index (χ0n) is 16.0. The van der Waals surface area contributed by atoms with Crippen molar-refractivity contribution < 1.29 is 14.3 Å². The summed E-state index contributed by atoms with van der Waals surface area (Å²) in [6.07, 6.45) is 4.79. The maximum absolute atomic E-state index is 12.8. The fraction of sp³-hybridized carbons (Fsp3) is 0.667. The number of ether oxygens (including phenoxy) is 2. The Morgan fingerprint density at radius 3 is 2.24 bits per heavy atom. The summed E-state index contributed by atoms with van der Waals surface area (Å²) in [6, 6.07) is 7.33. The van der Waals surface area contributed by atoms with E-state index in [2.05, 4.69) is 25.7 Å². The molecular formula is C21H31NO3. The van der Waals surface area contributed by atoms with Crippen LogP contribution in [0.3, 0.4) is 0 Å². The molecule has 2 fully saturated rings. The molecule has 2 aliphatic rings. The Balaban J connectivity index is 1.78. The van der Waals surface area contributed by atoms with Crippen molar-refractivity contribution in [3.63, 3.8) is 0 Å². The summed E-state index contributed by atoms with van der Waals surface area (Å²) in [4.78, 5) is 15.4. The molecule has 1 saturated carbocycles. The van der Waals surface area contributed by atoms with Gasteiger partial charge in [0.1, 0.15) is 17.4 Å². The minimum Gasteiger partial charge on any atom is -0.496 e. The van der Waals surface area contributed by atoms with Crippen molar-refractivity contribution in [1.82, 2.24) is 4.90 Å². The van der Waals surface area contributed by atoms with E-state index in [0.717, 1.165) is 25.9 Å². The van der Waals surface area contributed by atoms with Gasteiger partial charge in [0.2, 0.25) is 0 Å². The van der Waals surface area contributed by atoms with Crippen molar-refractivity contribution in [3.05, 3.63) is 29.8 Å². The molecule has 1 aliphatic carbocycles. The van der Waals surface area contributed by atoms with E-state index >= 15 is 0 Å². The van der Waals surface area contributed by atoms with Crippen molar-refractivity contribution in [1.29, 1.82) is 0 Å². The Morgan fingerprint density at radius 2 is 1.68 bits per heavy atom. The Morgan fingerprint density at radius 1 is 1.08 bits per heavy atom. The Bertz CT molecular complexity index is 591. The van der Waals surface area contributed by atoms with E-state index in [9.17, 15) is 4.79 Å². The second kappa shape index (κ2) is 7.36. The maximum Gasteiger partial charge on any atom is 0.342 e. The third kappa shape index (κ3) is 4.00. The maximum atomic E-state index is 12.8. The summed E-state index contributed by atoms with van der Waals surface area (Å²) in [7, 11) is 1.59. The van der Waals surface area contributed by atoms with E-state index in [0.29, 0.717) is 23.1 Å². The number of hydrogen-bond donors (Lipinski definition) is 0. The Kier molecular flexibility index (Phi) is 5.38. The van der Waals surface area contributed by atoms with Crippen LogP contribution in [0.1, 0.15) is 56.8 Å². The number of piperidine rings is 1. The molecule has 2 bridgehead atoms. The number of esters is 1. The Labute approximate surface area is 151 Å². The van der Waals surface area contributed by atoms with Crippen LogP contribution in [0.25, 0.3) is 0 Å². The molecule has 0 amide bonds. The summed E-state index contributed by atoms with van der Waals surface area (Å²) in [5.41, 5.74) is 0.693. The average Bonchev–Trinajstić information content (AvgIpc) is 2.69. The number of para-hydroxylation sites is 1. The number of benzene rings is 1. The van der Waals surface area contributed by atoms with Gasteiger partial charge in [-0.05, 0) is 45.7 Å². The first-order chi connectivity index (χ1) is 11.9. The van der Waals surface area contributed by atoms with E-state index in [-0.39, 0.29) is 17.6 Å². The van der Waals surface area contributed by atoms with Crippen LogP contribution in [0.4, 0.5) is 0 Å².